The lowest BCUT2D eigenvalue weighted by molar-refractivity contribution is 0.153. The Morgan fingerprint density at radius 3 is 2.50 bits per heavy atom. The number of hydrogen-bond acceptors (Lipinski definition) is 6. The average Bonchev–Trinajstić information content (AvgIpc) is 3.03. The number of amides is 1. The number of benzene rings is 1. The summed E-state index contributed by atoms with van der Waals surface area (Å²) in [5, 5.41) is 0. The lowest BCUT2D eigenvalue weighted by atomic mass is 10.1. The van der Waals surface area contributed by atoms with Gasteiger partial charge in [0.15, 0.2) is 11.5 Å². The number of methoxy groups -OCH3 is 3. The number of fused-ring (bicyclic) bond motifs is 2. The number of nitrogens with zero attached hydrogens (tertiary/aromatic N) is 2. The summed E-state index contributed by atoms with van der Waals surface area (Å²) in [6.45, 7) is 1.68. The predicted molar refractivity (Wildman–Crippen MR) is 109 cm³/mol. The second-order valence-corrected chi connectivity index (χ2v) is 9.21. The molecule has 1 unspecified atom stereocenters. The van der Waals surface area contributed by atoms with Crippen LogP contribution < -0.4 is 19.1 Å². The summed E-state index contributed by atoms with van der Waals surface area (Å²) in [6, 6.07) is 1.96. The highest BCUT2D eigenvalue weighted by atomic mass is 35.6. The second-order valence-electron chi connectivity index (χ2n) is 6.69. The molecule has 0 N–H and O–H groups in total. The van der Waals surface area contributed by atoms with Gasteiger partial charge >= 0.3 is 6.09 Å². The molecule has 28 heavy (non-hydrogen) atoms. The molecule has 3 rings (SSSR count). The van der Waals surface area contributed by atoms with Crippen LogP contribution in [0, 0.1) is 0 Å². The highest BCUT2D eigenvalue weighted by Crippen LogP contribution is 2.47. The number of ether oxygens (including phenoxy) is 4. The van der Waals surface area contributed by atoms with E-state index in [1.165, 1.54) is 7.11 Å². The zero-order valence-corrected chi connectivity index (χ0v) is 18.2. The van der Waals surface area contributed by atoms with Gasteiger partial charge in [-0.25, -0.2) is 4.79 Å². The van der Waals surface area contributed by atoms with Gasteiger partial charge in [0.25, 0.3) is 0 Å². The van der Waals surface area contributed by atoms with Crippen molar-refractivity contribution in [1.82, 2.24) is 4.90 Å². The molecule has 7 nitrogen and oxygen atoms in total. The molecule has 1 amide bonds. The Morgan fingerprint density at radius 2 is 1.89 bits per heavy atom. The van der Waals surface area contributed by atoms with Crippen molar-refractivity contribution in [3.05, 3.63) is 11.6 Å². The van der Waals surface area contributed by atoms with Gasteiger partial charge in [-0.05, 0) is 19.4 Å². The third-order valence-electron chi connectivity index (χ3n) is 5.03. The summed E-state index contributed by atoms with van der Waals surface area (Å²) >= 11 is 17.2. The van der Waals surface area contributed by atoms with Crippen molar-refractivity contribution in [2.75, 3.05) is 45.9 Å². The van der Waals surface area contributed by atoms with E-state index in [0.29, 0.717) is 36.0 Å². The van der Waals surface area contributed by atoms with Crippen molar-refractivity contribution < 1.29 is 23.7 Å². The molecule has 2 heterocycles. The number of halogens is 3. The highest BCUT2D eigenvalue weighted by Gasteiger charge is 2.38. The van der Waals surface area contributed by atoms with E-state index in [9.17, 15) is 4.79 Å². The monoisotopic (exact) mass is 452 g/mol. The molecule has 10 heteroatoms. The molecule has 1 aromatic rings. The molecule has 1 aromatic carbocycles. The first-order valence-corrected chi connectivity index (χ1v) is 9.99. The molecule has 2 aliphatic rings. The molecular formula is C18H23Cl3N2O5. The van der Waals surface area contributed by atoms with Crippen LogP contribution >= 0.6 is 34.8 Å². The number of anilines is 1. The van der Waals surface area contributed by atoms with Crippen LogP contribution in [0.3, 0.4) is 0 Å². The van der Waals surface area contributed by atoms with E-state index >= 15 is 0 Å². The van der Waals surface area contributed by atoms with E-state index in [1.54, 1.807) is 25.2 Å². The largest absolute Gasteiger partial charge is 0.493 e. The van der Waals surface area contributed by atoms with Crippen LogP contribution in [0.4, 0.5) is 10.5 Å². The number of carbonyl (C=O) groups is 1. The van der Waals surface area contributed by atoms with Gasteiger partial charge in [-0.3, -0.25) is 9.80 Å². The van der Waals surface area contributed by atoms with Crippen LogP contribution in [-0.2, 0) is 11.3 Å². The topological polar surface area (TPSA) is 60.5 Å². The van der Waals surface area contributed by atoms with E-state index in [1.807, 2.05) is 0 Å². The fourth-order valence-corrected chi connectivity index (χ4v) is 3.98. The summed E-state index contributed by atoms with van der Waals surface area (Å²) in [5.41, 5.74) is 1.47. The lowest BCUT2D eigenvalue weighted by Gasteiger charge is -2.27. The molecule has 0 radical (unpaired) electrons. The molecule has 0 aromatic heterocycles. The Kier molecular flexibility index (Phi) is 6.59. The van der Waals surface area contributed by atoms with E-state index in [-0.39, 0.29) is 12.6 Å². The summed E-state index contributed by atoms with van der Waals surface area (Å²) in [6.07, 6.45) is 1.46. The fraction of sp³-hybridized carbons (Fsp3) is 0.611. The Morgan fingerprint density at radius 1 is 1.18 bits per heavy atom. The van der Waals surface area contributed by atoms with E-state index in [0.717, 1.165) is 24.9 Å². The van der Waals surface area contributed by atoms with Crippen molar-refractivity contribution in [3.8, 4) is 17.2 Å². The Bertz CT molecular complexity index is 741. The second kappa shape index (κ2) is 8.61. The van der Waals surface area contributed by atoms with Gasteiger partial charge < -0.3 is 18.9 Å². The summed E-state index contributed by atoms with van der Waals surface area (Å²) < 4.78 is 20.2. The van der Waals surface area contributed by atoms with Gasteiger partial charge in [-0.2, -0.15) is 0 Å². The summed E-state index contributed by atoms with van der Waals surface area (Å²) in [4.78, 5) is 16.8. The molecule has 1 atom stereocenters. The highest BCUT2D eigenvalue weighted by molar-refractivity contribution is 6.67. The fourth-order valence-electron chi connectivity index (χ4n) is 3.81. The van der Waals surface area contributed by atoms with Crippen LogP contribution in [0.25, 0.3) is 0 Å². The molecule has 1 fully saturated rings. The number of hydrogen-bond donors (Lipinski definition) is 0. The maximum absolute atomic E-state index is 12.9. The molecule has 2 aliphatic heterocycles. The van der Waals surface area contributed by atoms with Crippen LogP contribution in [0.5, 0.6) is 17.2 Å². The molecule has 1 saturated heterocycles. The van der Waals surface area contributed by atoms with Crippen LogP contribution in [0.15, 0.2) is 6.07 Å². The smallest absolute Gasteiger partial charge is 0.414 e. The first-order valence-electron chi connectivity index (χ1n) is 8.86. The van der Waals surface area contributed by atoms with E-state index < -0.39 is 9.89 Å². The zero-order chi connectivity index (χ0) is 20.5. The number of rotatable bonds is 4. The summed E-state index contributed by atoms with van der Waals surface area (Å²) in [5.74, 6) is 1.47. The minimum atomic E-state index is -1.68. The molecule has 0 aliphatic carbocycles. The van der Waals surface area contributed by atoms with Crippen LogP contribution in [0.1, 0.15) is 18.4 Å². The van der Waals surface area contributed by atoms with Crippen molar-refractivity contribution in [3.63, 3.8) is 0 Å². The summed E-state index contributed by atoms with van der Waals surface area (Å²) in [7, 11) is 4.65. The minimum absolute atomic E-state index is 0.203. The van der Waals surface area contributed by atoms with Crippen molar-refractivity contribution in [2.45, 2.75) is 29.2 Å². The minimum Gasteiger partial charge on any atom is -0.493 e. The third-order valence-corrected chi connectivity index (χ3v) is 5.36. The molecule has 0 saturated carbocycles. The number of carbonyl (C=O) groups excluding carboxylic acids is 1. The van der Waals surface area contributed by atoms with Gasteiger partial charge in [0.1, 0.15) is 6.61 Å². The van der Waals surface area contributed by atoms with Crippen molar-refractivity contribution >= 4 is 46.6 Å². The van der Waals surface area contributed by atoms with E-state index in [2.05, 4.69) is 4.90 Å². The van der Waals surface area contributed by atoms with Crippen LogP contribution in [0.2, 0.25) is 0 Å². The molecule has 156 valence electrons. The third kappa shape index (κ3) is 4.32. The van der Waals surface area contributed by atoms with Crippen LogP contribution in [-0.4, -0.2) is 61.9 Å². The Balaban J connectivity index is 2.07. The number of alkyl halides is 3. The Hall–Kier alpha value is -1.28. The van der Waals surface area contributed by atoms with Gasteiger partial charge in [0, 0.05) is 30.8 Å². The molecular weight excluding hydrogens is 431 g/mol. The first kappa shape index (κ1) is 21.4. The average molecular weight is 454 g/mol. The normalized spacial score (nSPS) is 19.5. The van der Waals surface area contributed by atoms with Gasteiger partial charge in [0.05, 0.1) is 27.0 Å². The zero-order valence-electron chi connectivity index (χ0n) is 16.0. The predicted octanol–water partition coefficient (Wildman–Crippen LogP) is 4.00. The molecule has 0 spiro atoms. The van der Waals surface area contributed by atoms with Crippen molar-refractivity contribution in [2.24, 2.45) is 0 Å². The maximum Gasteiger partial charge on any atom is 0.414 e. The van der Waals surface area contributed by atoms with Gasteiger partial charge in [-0.1, -0.05) is 34.8 Å². The SMILES string of the molecule is COc1cc2c(c(OC)c1OC)CN1CCCC1CN2C(=O)OCC(Cl)(Cl)Cl. The van der Waals surface area contributed by atoms with Crippen molar-refractivity contribution in [1.29, 1.82) is 0 Å². The molecule has 0 bridgehead atoms. The van der Waals surface area contributed by atoms with Gasteiger partial charge in [0.2, 0.25) is 9.54 Å². The standard InChI is InChI=1S/C18H23Cl3N2O5/c1-25-14-7-13-12(15(26-2)16(14)27-3)9-22-6-4-5-11(22)8-23(13)17(24)28-10-18(19,20)21/h7,11H,4-6,8-10H2,1-3H3. The quantitative estimate of drug-likeness (QED) is 0.642. The lowest BCUT2D eigenvalue weighted by Crippen LogP contribution is -2.41. The first-order chi connectivity index (χ1) is 13.3. The Labute approximate surface area is 179 Å². The van der Waals surface area contributed by atoms with Gasteiger partial charge in [-0.15, -0.1) is 0 Å². The van der Waals surface area contributed by atoms with E-state index in [4.69, 9.17) is 53.8 Å². The maximum atomic E-state index is 12.9.